The van der Waals surface area contributed by atoms with E-state index in [1.807, 2.05) is 58.0 Å². The van der Waals surface area contributed by atoms with Crippen LogP contribution in [0.3, 0.4) is 0 Å². The lowest BCUT2D eigenvalue weighted by Gasteiger charge is -2.29. The van der Waals surface area contributed by atoms with E-state index in [1.165, 1.54) is 11.3 Å². The van der Waals surface area contributed by atoms with Gasteiger partial charge in [0.2, 0.25) is 0 Å². The van der Waals surface area contributed by atoms with Crippen molar-refractivity contribution in [3.05, 3.63) is 63.9 Å². The van der Waals surface area contributed by atoms with Crippen LogP contribution in [-0.2, 0) is 14.3 Å². The number of esters is 1. The van der Waals surface area contributed by atoms with Crippen LogP contribution in [0.5, 0.6) is 0 Å². The number of aromatic nitrogens is 3. The molecule has 182 valence electrons. The van der Waals surface area contributed by atoms with Gasteiger partial charge in [0.25, 0.3) is 0 Å². The highest BCUT2D eigenvalue weighted by molar-refractivity contribution is 7.22. The summed E-state index contributed by atoms with van der Waals surface area (Å²) in [6.07, 6.45) is 0.666. The van der Waals surface area contributed by atoms with E-state index in [-0.39, 0.29) is 6.61 Å². The van der Waals surface area contributed by atoms with Crippen molar-refractivity contribution in [2.75, 3.05) is 6.61 Å². The number of halogens is 2. The van der Waals surface area contributed by atoms with Crippen LogP contribution in [-0.4, -0.2) is 33.1 Å². The van der Waals surface area contributed by atoms with Gasteiger partial charge in [0.05, 0.1) is 22.4 Å². The molecule has 0 radical (unpaired) electrons. The zero-order valence-corrected chi connectivity index (χ0v) is 22.4. The Morgan fingerprint density at radius 3 is 2.46 bits per heavy atom. The summed E-state index contributed by atoms with van der Waals surface area (Å²) in [7, 11) is 0. The number of hydrogen-bond acceptors (Lipinski definition) is 7. The fraction of sp³-hybridized carbons (Fsp3) is 0.308. The summed E-state index contributed by atoms with van der Waals surface area (Å²) in [6, 6.07) is 11.1. The van der Waals surface area contributed by atoms with E-state index in [0.717, 1.165) is 32.5 Å². The Balaban J connectivity index is 2.03. The van der Waals surface area contributed by atoms with E-state index in [1.54, 1.807) is 19.2 Å². The molecule has 4 rings (SSSR count). The van der Waals surface area contributed by atoms with E-state index in [2.05, 4.69) is 9.97 Å². The Labute approximate surface area is 218 Å². The molecule has 0 spiro atoms. The molecular formula is C26H25Cl2N3O3S. The highest BCUT2D eigenvalue weighted by Gasteiger charge is 2.33. The second kappa shape index (κ2) is 10.2. The summed E-state index contributed by atoms with van der Waals surface area (Å²) in [5.74, 6) is -0.00385. The van der Waals surface area contributed by atoms with Gasteiger partial charge in [-0.3, -0.25) is 0 Å². The molecule has 2 heterocycles. The highest BCUT2D eigenvalue weighted by atomic mass is 35.5. The SMILES string of the molecule is CCOC(=O)[C@@H](OC(C)(C)C)c1c(C)cc2nc(-c3nccc(Cl)n3)sc2c1-c1ccc(Cl)cc1. The summed E-state index contributed by atoms with van der Waals surface area (Å²) in [4.78, 5) is 26.6. The third-order valence-corrected chi connectivity index (χ3v) is 6.65. The van der Waals surface area contributed by atoms with Gasteiger partial charge in [-0.15, -0.1) is 11.3 Å². The van der Waals surface area contributed by atoms with E-state index >= 15 is 0 Å². The number of fused-ring (bicyclic) bond motifs is 1. The summed E-state index contributed by atoms with van der Waals surface area (Å²) in [5, 5.41) is 1.58. The standard InChI is InChI=1S/C26H25Cl2N3O3S/c1-6-33-25(32)21(34-26(3,4)5)19-14(2)13-17-22(20(19)15-7-9-16(27)10-8-15)35-24(30-17)23-29-12-11-18(28)31-23/h7-13,21H,6H2,1-5H3/t21-/m0/s1. The summed E-state index contributed by atoms with van der Waals surface area (Å²) in [6.45, 7) is 9.71. The average Bonchev–Trinajstić information content (AvgIpc) is 3.20. The van der Waals surface area contributed by atoms with Gasteiger partial charge in [0.15, 0.2) is 16.9 Å². The predicted octanol–water partition coefficient (Wildman–Crippen LogP) is 7.45. The summed E-state index contributed by atoms with van der Waals surface area (Å²) < 4.78 is 12.6. The van der Waals surface area contributed by atoms with Crippen molar-refractivity contribution >= 4 is 50.7 Å². The van der Waals surface area contributed by atoms with Crippen molar-refractivity contribution in [2.45, 2.75) is 46.3 Å². The van der Waals surface area contributed by atoms with Gasteiger partial charge in [0.1, 0.15) is 5.15 Å². The average molecular weight is 530 g/mol. The molecule has 4 aromatic rings. The minimum atomic E-state index is -0.932. The van der Waals surface area contributed by atoms with Crippen LogP contribution < -0.4 is 0 Å². The van der Waals surface area contributed by atoms with Crippen LogP contribution >= 0.6 is 34.5 Å². The fourth-order valence-corrected chi connectivity index (χ4v) is 5.11. The molecule has 0 saturated carbocycles. The Kier molecular flexibility index (Phi) is 7.43. The maximum atomic E-state index is 13.2. The molecule has 1 atom stereocenters. The number of benzene rings is 2. The molecule has 0 aliphatic rings. The van der Waals surface area contributed by atoms with Crippen LogP contribution in [0.25, 0.3) is 32.2 Å². The molecule has 2 aromatic carbocycles. The van der Waals surface area contributed by atoms with Crippen molar-refractivity contribution < 1.29 is 14.3 Å². The first-order valence-electron chi connectivity index (χ1n) is 11.1. The molecule has 0 unspecified atom stereocenters. The predicted molar refractivity (Wildman–Crippen MR) is 141 cm³/mol. The van der Waals surface area contributed by atoms with Crippen molar-refractivity contribution in [3.8, 4) is 22.0 Å². The molecule has 2 aromatic heterocycles. The van der Waals surface area contributed by atoms with E-state index < -0.39 is 17.7 Å². The van der Waals surface area contributed by atoms with Crippen molar-refractivity contribution in [2.24, 2.45) is 0 Å². The molecule has 0 aliphatic heterocycles. The van der Waals surface area contributed by atoms with Crippen molar-refractivity contribution in [1.29, 1.82) is 0 Å². The van der Waals surface area contributed by atoms with Gasteiger partial charge in [-0.1, -0.05) is 35.3 Å². The Morgan fingerprint density at radius 2 is 1.83 bits per heavy atom. The summed E-state index contributed by atoms with van der Waals surface area (Å²) in [5.41, 5.74) is 3.47. The third-order valence-electron chi connectivity index (χ3n) is 5.11. The lowest BCUT2D eigenvalue weighted by molar-refractivity contribution is -0.166. The van der Waals surface area contributed by atoms with E-state index in [9.17, 15) is 4.79 Å². The van der Waals surface area contributed by atoms with Gasteiger partial charge in [-0.05, 0) is 70.0 Å². The topological polar surface area (TPSA) is 74.2 Å². The molecule has 6 nitrogen and oxygen atoms in total. The highest BCUT2D eigenvalue weighted by Crippen LogP contribution is 2.44. The first kappa shape index (κ1) is 25.5. The van der Waals surface area contributed by atoms with Crippen LogP contribution in [0.4, 0.5) is 0 Å². The molecule has 0 amide bonds. The Bertz CT molecular complexity index is 1380. The van der Waals surface area contributed by atoms with E-state index in [4.69, 9.17) is 37.7 Å². The number of rotatable bonds is 6. The lowest BCUT2D eigenvalue weighted by Crippen LogP contribution is -2.29. The van der Waals surface area contributed by atoms with Crippen LogP contribution in [0, 0.1) is 6.92 Å². The van der Waals surface area contributed by atoms with Gasteiger partial charge in [0, 0.05) is 22.3 Å². The van der Waals surface area contributed by atoms with Gasteiger partial charge in [-0.2, -0.15) is 0 Å². The van der Waals surface area contributed by atoms with Gasteiger partial charge >= 0.3 is 5.97 Å². The van der Waals surface area contributed by atoms with Crippen LogP contribution in [0.1, 0.15) is 44.9 Å². The third kappa shape index (κ3) is 5.64. The molecular weight excluding hydrogens is 505 g/mol. The second-order valence-electron chi connectivity index (χ2n) is 8.92. The molecule has 0 aliphatic carbocycles. The molecule has 0 N–H and O–H groups in total. The van der Waals surface area contributed by atoms with E-state index in [0.29, 0.717) is 21.0 Å². The maximum absolute atomic E-state index is 13.2. The molecule has 35 heavy (non-hydrogen) atoms. The summed E-state index contributed by atoms with van der Waals surface area (Å²) >= 11 is 13.7. The number of nitrogens with zero attached hydrogens (tertiary/aromatic N) is 3. The first-order chi connectivity index (χ1) is 16.6. The van der Waals surface area contributed by atoms with Crippen LogP contribution in [0.2, 0.25) is 10.2 Å². The normalized spacial score (nSPS) is 12.7. The van der Waals surface area contributed by atoms with Gasteiger partial charge in [-0.25, -0.2) is 19.7 Å². The number of aryl methyl sites for hydroxylation is 1. The van der Waals surface area contributed by atoms with Crippen molar-refractivity contribution in [1.82, 2.24) is 15.0 Å². The zero-order valence-electron chi connectivity index (χ0n) is 20.1. The zero-order chi connectivity index (χ0) is 25.3. The Hall–Kier alpha value is -2.58. The maximum Gasteiger partial charge on any atom is 0.339 e. The molecule has 9 heteroatoms. The number of thiazole rings is 1. The minimum absolute atomic E-state index is 0.247. The molecule has 0 saturated heterocycles. The van der Waals surface area contributed by atoms with Crippen molar-refractivity contribution in [3.63, 3.8) is 0 Å². The number of hydrogen-bond donors (Lipinski definition) is 0. The number of carbonyl (C=O) groups excluding carboxylic acids is 1. The Morgan fingerprint density at radius 1 is 1.11 bits per heavy atom. The fourth-order valence-electron chi connectivity index (χ4n) is 3.78. The number of carbonyl (C=O) groups is 1. The minimum Gasteiger partial charge on any atom is -0.464 e. The van der Waals surface area contributed by atoms with Gasteiger partial charge < -0.3 is 9.47 Å². The lowest BCUT2D eigenvalue weighted by atomic mass is 9.91. The van der Waals surface area contributed by atoms with Crippen LogP contribution in [0.15, 0.2) is 42.6 Å². The quantitative estimate of drug-likeness (QED) is 0.190. The largest absolute Gasteiger partial charge is 0.464 e. The monoisotopic (exact) mass is 529 g/mol. The second-order valence-corrected chi connectivity index (χ2v) is 10.7. The smallest absolute Gasteiger partial charge is 0.339 e. The molecule has 0 bridgehead atoms. The first-order valence-corrected chi connectivity index (χ1v) is 12.7. The number of ether oxygens (including phenoxy) is 2. The molecule has 0 fully saturated rings.